The number of pyridine rings is 1. The normalized spacial score (nSPS) is 8.93. The molecule has 0 aliphatic rings. The molecule has 0 aliphatic carbocycles. The van der Waals surface area contributed by atoms with Crippen LogP contribution in [-0.2, 0) is 4.79 Å². The van der Waals surface area contributed by atoms with Gasteiger partial charge in [-0.1, -0.05) is 22.0 Å². The molecular formula is C10H8BrNO2. The first-order valence-electron chi connectivity index (χ1n) is 3.85. The van der Waals surface area contributed by atoms with Crippen LogP contribution >= 0.6 is 15.9 Å². The lowest BCUT2D eigenvalue weighted by Gasteiger charge is -1.95. The number of hydrogen-bond donors (Lipinski definition) is 1. The van der Waals surface area contributed by atoms with Crippen molar-refractivity contribution >= 4 is 33.2 Å². The number of hydrogen-bond acceptors (Lipinski definition) is 2. The van der Waals surface area contributed by atoms with Crippen LogP contribution in [0.3, 0.4) is 0 Å². The SMILES string of the molecule is Brc1ccc2cnccc2c1.O=CO. The van der Waals surface area contributed by atoms with E-state index < -0.39 is 0 Å². The van der Waals surface area contributed by atoms with Crippen molar-refractivity contribution < 1.29 is 9.90 Å². The maximum atomic E-state index is 8.36. The Bertz CT molecular complexity index is 431. The molecule has 2 rings (SSSR count). The molecule has 0 atom stereocenters. The van der Waals surface area contributed by atoms with E-state index in [2.05, 4.69) is 27.0 Å². The number of carbonyl (C=O) groups is 1. The third kappa shape index (κ3) is 2.81. The molecule has 0 fully saturated rings. The first kappa shape index (κ1) is 10.7. The second-order valence-corrected chi connectivity index (χ2v) is 3.39. The minimum atomic E-state index is -0.250. The Kier molecular flexibility index (Phi) is 4.07. The van der Waals surface area contributed by atoms with Crippen molar-refractivity contribution in [3.63, 3.8) is 0 Å². The highest BCUT2D eigenvalue weighted by atomic mass is 79.9. The highest BCUT2D eigenvalue weighted by Crippen LogP contribution is 2.17. The molecule has 14 heavy (non-hydrogen) atoms. The van der Waals surface area contributed by atoms with Gasteiger partial charge in [0, 0.05) is 22.3 Å². The Morgan fingerprint density at radius 2 is 2.00 bits per heavy atom. The van der Waals surface area contributed by atoms with Gasteiger partial charge in [-0.2, -0.15) is 0 Å². The zero-order chi connectivity index (χ0) is 10.4. The van der Waals surface area contributed by atoms with Crippen molar-refractivity contribution in [2.24, 2.45) is 0 Å². The summed E-state index contributed by atoms with van der Waals surface area (Å²) in [4.78, 5) is 12.4. The van der Waals surface area contributed by atoms with E-state index in [0.29, 0.717) is 0 Å². The summed E-state index contributed by atoms with van der Waals surface area (Å²) >= 11 is 3.41. The molecule has 0 aliphatic heterocycles. The average Bonchev–Trinajstić information content (AvgIpc) is 2.19. The van der Waals surface area contributed by atoms with Gasteiger partial charge < -0.3 is 5.11 Å². The number of benzene rings is 1. The van der Waals surface area contributed by atoms with Crippen LogP contribution in [0.1, 0.15) is 0 Å². The lowest BCUT2D eigenvalue weighted by molar-refractivity contribution is -0.122. The molecule has 0 bridgehead atoms. The minimum Gasteiger partial charge on any atom is -0.483 e. The summed E-state index contributed by atoms with van der Waals surface area (Å²) in [7, 11) is 0. The molecule has 0 amide bonds. The topological polar surface area (TPSA) is 50.2 Å². The fraction of sp³-hybridized carbons (Fsp3) is 0. The van der Waals surface area contributed by atoms with Gasteiger partial charge in [-0.05, 0) is 23.6 Å². The fourth-order valence-electron chi connectivity index (χ4n) is 1.05. The quantitative estimate of drug-likeness (QED) is 0.735. The largest absolute Gasteiger partial charge is 0.483 e. The first-order chi connectivity index (χ1) is 6.77. The molecule has 0 saturated carbocycles. The zero-order valence-electron chi connectivity index (χ0n) is 7.22. The van der Waals surface area contributed by atoms with Gasteiger partial charge >= 0.3 is 0 Å². The molecule has 72 valence electrons. The van der Waals surface area contributed by atoms with E-state index in [1.807, 2.05) is 24.4 Å². The van der Waals surface area contributed by atoms with Crippen LogP contribution < -0.4 is 0 Å². The van der Waals surface area contributed by atoms with Gasteiger partial charge in [0.25, 0.3) is 6.47 Å². The van der Waals surface area contributed by atoms with E-state index in [9.17, 15) is 0 Å². The van der Waals surface area contributed by atoms with Gasteiger partial charge in [0.2, 0.25) is 0 Å². The second-order valence-electron chi connectivity index (χ2n) is 2.47. The maximum absolute atomic E-state index is 8.36. The standard InChI is InChI=1S/C9H6BrN.CH2O2/c10-9-2-1-8-6-11-4-3-7(8)5-9;2-1-3/h1-6H;1H,(H,2,3). The van der Waals surface area contributed by atoms with E-state index in [0.717, 1.165) is 4.47 Å². The minimum absolute atomic E-state index is 0.250. The van der Waals surface area contributed by atoms with Gasteiger partial charge in [0.1, 0.15) is 0 Å². The number of halogens is 1. The van der Waals surface area contributed by atoms with Gasteiger partial charge in [0.05, 0.1) is 0 Å². The summed E-state index contributed by atoms with van der Waals surface area (Å²) in [5.74, 6) is 0. The Morgan fingerprint density at radius 3 is 2.71 bits per heavy atom. The summed E-state index contributed by atoms with van der Waals surface area (Å²) < 4.78 is 1.11. The van der Waals surface area contributed by atoms with Gasteiger partial charge in [0.15, 0.2) is 0 Å². The van der Waals surface area contributed by atoms with E-state index in [4.69, 9.17) is 9.90 Å². The van der Waals surface area contributed by atoms with Crippen molar-refractivity contribution in [3.8, 4) is 0 Å². The van der Waals surface area contributed by atoms with E-state index in [1.54, 1.807) is 6.20 Å². The predicted molar refractivity (Wildman–Crippen MR) is 58.1 cm³/mol. The number of nitrogens with zero attached hydrogens (tertiary/aromatic N) is 1. The molecule has 1 aromatic heterocycles. The monoisotopic (exact) mass is 253 g/mol. The van der Waals surface area contributed by atoms with E-state index in [1.165, 1.54) is 10.8 Å². The predicted octanol–water partition coefficient (Wildman–Crippen LogP) is 2.70. The summed E-state index contributed by atoms with van der Waals surface area (Å²) in [6.07, 6.45) is 3.66. The molecule has 1 aromatic carbocycles. The lowest BCUT2D eigenvalue weighted by atomic mass is 10.2. The molecule has 2 aromatic rings. The van der Waals surface area contributed by atoms with Crippen LogP contribution in [0.4, 0.5) is 0 Å². The van der Waals surface area contributed by atoms with Crippen LogP contribution in [0.25, 0.3) is 10.8 Å². The maximum Gasteiger partial charge on any atom is 0.290 e. The average molecular weight is 254 g/mol. The summed E-state index contributed by atoms with van der Waals surface area (Å²) in [6, 6.07) is 8.15. The molecule has 4 heteroatoms. The molecule has 0 unspecified atom stereocenters. The van der Waals surface area contributed by atoms with E-state index in [-0.39, 0.29) is 6.47 Å². The highest BCUT2D eigenvalue weighted by molar-refractivity contribution is 9.10. The third-order valence-corrected chi connectivity index (χ3v) is 2.10. The first-order valence-corrected chi connectivity index (χ1v) is 4.64. The summed E-state index contributed by atoms with van der Waals surface area (Å²) in [5.41, 5.74) is 0. The van der Waals surface area contributed by atoms with Crippen molar-refractivity contribution in [2.45, 2.75) is 0 Å². The number of fused-ring (bicyclic) bond motifs is 1. The summed E-state index contributed by atoms with van der Waals surface area (Å²) in [5, 5.41) is 9.28. The highest BCUT2D eigenvalue weighted by Gasteiger charge is 1.91. The Balaban J connectivity index is 0.000000293. The number of aromatic nitrogens is 1. The summed E-state index contributed by atoms with van der Waals surface area (Å²) in [6.45, 7) is -0.250. The molecule has 0 saturated heterocycles. The number of rotatable bonds is 0. The molecule has 0 spiro atoms. The van der Waals surface area contributed by atoms with Crippen LogP contribution in [0, 0.1) is 0 Å². The van der Waals surface area contributed by atoms with Crippen LogP contribution in [0.15, 0.2) is 41.1 Å². The van der Waals surface area contributed by atoms with Crippen molar-refractivity contribution in [1.82, 2.24) is 4.98 Å². The van der Waals surface area contributed by atoms with Gasteiger partial charge in [-0.25, -0.2) is 0 Å². The van der Waals surface area contributed by atoms with Gasteiger partial charge in [-0.15, -0.1) is 0 Å². The van der Waals surface area contributed by atoms with Gasteiger partial charge in [-0.3, -0.25) is 9.78 Å². The molecule has 0 radical (unpaired) electrons. The molecule has 1 heterocycles. The lowest BCUT2D eigenvalue weighted by Crippen LogP contribution is -1.73. The van der Waals surface area contributed by atoms with Crippen LogP contribution in [0.5, 0.6) is 0 Å². The Labute approximate surface area is 89.5 Å². The molecule has 1 N–H and O–H groups in total. The van der Waals surface area contributed by atoms with Crippen molar-refractivity contribution in [2.75, 3.05) is 0 Å². The number of carboxylic acid groups (broad SMARTS) is 1. The second kappa shape index (κ2) is 5.34. The Hall–Kier alpha value is -1.42. The third-order valence-electron chi connectivity index (χ3n) is 1.60. The van der Waals surface area contributed by atoms with Crippen molar-refractivity contribution in [1.29, 1.82) is 0 Å². The zero-order valence-corrected chi connectivity index (χ0v) is 8.81. The van der Waals surface area contributed by atoms with E-state index >= 15 is 0 Å². The van der Waals surface area contributed by atoms with Crippen LogP contribution in [-0.4, -0.2) is 16.6 Å². The molecular weight excluding hydrogens is 246 g/mol. The van der Waals surface area contributed by atoms with Crippen LogP contribution in [0.2, 0.25) is 0 Å². The van der Waals surface area contributed by atoms with Crippen molar-refractivity contribution in [3.05, 3.63) is 41.1 Å². The smallest absolute Gasteiger partial charge is 0.290 e. The Morgan fingerprint density at radius 1 is 1.29 bits per heavy atom. The fourth-order valence-corrected chi connectivity index (χ4v) is 1.43. The molecule has 3 nitrogen and oxygen atoms in total.